The van der Waals surface area contributed by atoms with Gasteiger partial charge in [-0.25, -0.2) is 0 Å². The first-order chi connectivity index (χ1) is 8.88. The Morgan fingerprint density at radius 1 is 1.21 bits per heavy atom. The molecule has 1 aromatic heterocycles. The highest BCUT2D eigenvalue weighted by Gasteiger charge is 2.30. The molecule has 0 aliphatic carbocycles. The van der Waals surface area contributed by atoms with Crippen LogP contribution in [-0.4, -0.2) is 0 Å². The predicted octanol–water partition coefficient (Wildman–Crippen LogP) is 5.25. The number of rotatable bonds is 3. The van der Waals surface area contributed by atoms with E-state index < -0.39 is 11.7 Å². The number of anilines is 1. The van der Waals surface area contributed by atoms with Crippen LogP contribution in [-0.2, 0) is 6.18 Å². The van der Waals surface area contributed by atoms with Gasteiger partial charge in [0.1, 0.15) is 0 Å². The first kappa shape index (κ1) is 13.9. The second-order valence-electron chi connectivity index (χ2n) is 4.45. The lowest BCUT2D eigenvalue weighted by Gasteiger charge is -2.18. The molecule has 19 heavy (non-hydrogen) atoms. The number of benzene rings is 1. The van der Waals surface area contributed by atoms with Gasteiger partial charge in [0.15, 0.2) is 0 Å². The predicted molar refractivity (Wildman–Crippen MR) is 72.5 cm³/mol. The zero-order chi connectivity index (χ0) is 14.0. The molecule has 5 heteroatoms. The third-order valence-electron chi connectivity index (χ3n) is 2.98. The van der Waals surface area contributed by atoms with E-state index in [1.54, 1.807) is 18.3 Å². The van der Waals surface area contributed by atoms with Crippen LogP contribution >= 0.6 is 11.3 Å². The number of nitrogens with one attached hydrogen (secondary N) is 1. The van der Waals surface area contributed by atoms with E-state index in [-0.39, 0.29) is 6.04 Å². The number of alkyl halides is 3. The Bertz CT molecular complexity index is 546. The molecule has 0 radical (unpaired) electrons. The summed E-state index contributed by atoms with van der Waals surface area (Å²) in [6.07, 6.45) is -4.31. The van der Waals surface area contributed by atoms with Crippen molar-refractivity contribution < 1.29 is 13.2 Å². The maximum atomic E-state index is 12.7. The molecule has 0 aliphatic rings. The lowest BCUT2D eigenvalue weighted by atomic mass is 10.1. The summed E-state index contributed by atoms with van der Waals surface area (Å²) in [6, 6.07) is 5.71. The molecule has 1 aromatic carbocycles. The van der Waals surface area contributed by atoms with Crippen molar-refractivity contribution >= 4 is 17.0 Å². The average molecular weight is 285 g/mol. The first-order valence-corrected chi connectivity index (χ1v) is 6.78. The minimum absolute atomic E-state index is 0.0200. The average Bonchev–Trinajstić information content (AvgIpc) is 2.84. The molecule has 1 nitrogen and oxygen atoms in total. The first-order valence-electron chi connectivity index (χ1n) is 5.84. The quantitative estimate of drug-likeness (QED) is 0.812. The molecule has 2 aromatic rings. The number of thiophene rings is 1. The van der Waals surface area contributed by atoms with E-state index in [1.807, 2.05) is 23.8 Å². The van der Waals surface area contributed by atoms with Crippen molar-refractivity contribution in [2.75, 3.05) is 5.32 Å². The summed E-state index contributed by atoms with van der Waals surface area (Å²) < 4.78 is 38.1. The summed E-state index contributed by atoms with van der Waals surface area (Å²) in [5.74, 6) is 0. The molecule has 0 spiro atoms. The molecule has 0 saturated carbocycles. The van der Waals surface area contributed by atoms with Gasteiger partial charge in [-0.2, -0.15) is 24.5 Å². The van der Waals surface area contributed by atoms with Gasteiger partial charge in [0.05, 0.1) is 5.56 Å². The monoisotopic (exact) mass is 285 g/mol. The van der Waals surface area contributed by atoms with E-state index in [0.29, 0.717) is 5.69 Å². The SMILES string of the molecule is Cc1ccc(C(F)(F)F)cc1NC(C)c1ccsc1. The van der Waals surface area contributed by atoms with Crippen LogP contribution in [0.25, 0.3) is 0 Å². The van der Waals surface area contributed by atoms with Crippen LogP contribution in [0.4, 0.5) is 18.9 Å². The van der Waals surface area contributed by atoms with Gasteiger partial charge in [-0.05, 0) is 53.9 Å². The Morgan fingerprint density at radius 3 is 2.53 bits per heavy atom. The van der Waals surface area contributed by atoms with Crippen molar-refractivity contribution in [1.29, 1.82) is 0 Å². The molecular weight excluding hydrogens is 271 g/mol. The Balaban J connectivity index is 2.25. The molecule has 0 saturated heterocycles. The molecule has 102 valence electrons. The molecule has 0 bridgehead atoms. The molecule has 1 atom stereocenters. The summed E-state index contributed by atoms with van der Waals surface area (Å²) in [6.45, 7) is 3.73. The summed E-state index contributed by atoms with van der Waals surface area (Å²) >= 11 is 1.57. The van der Waals surface area contributed by atoms with E-state index in [0.717, 1.165) is 23.3 Å². The van der Waals surface area contributed by atoms with Crippen molar-refractivity contribution in [3.05, 3.63) is 51.7 Å². The van der Waals surface area contributed by atoms with Crippen LogP contribution in [0.1, 0.15) is 29.7 Å². The minimum Gasteiger partial charge on any atom is -0.378 e. The van der Waals surface area contributed by atoms with Gasteiger partial charge in [0.2, 0.25) is 0 Å². The highest BCUT2D eigenvalue weighted by molar-refractivity contribution is 7.07. The van der Waals surface area contributed by atoms with Gasteiger partial charge < -0.3 is 5.32 Å². The molecule has 1 heterocycles. The summed E-state index contributed by atoms with van der Waals surface area (Å²) in [5, 5.41) is 7.07. The maximum absolute atomic E-state index is 12.7. The van der Waals surface area contributed by atoms with Crippen molar-refractivity contribution in [3.63, 3.8) is 0 Å². The fourth-order valence-electron chi connectivity index (χ4n) is 1.79. The van der Waals surface area contributed by atoms with Gasteiger partial charge in [0, 0.05) is 11.7 Å². The lowest BCUT2D eigenvalue weighted by Crippen LogP contribution is -2.10. The second-order valence-corrected chi connectivity index (χ2v) is 5.23. The Labute approximate surface area is 114 Å². The third kappa shape index (κ3) is 3.29. The van der Waals surface area contributed by atoms with Crippen molar-refractivity contribution in [3.8, 4) is 0 Å². The maximum Gasteiger partial charge on any atom is 0.416 e. The second kappa shape index (κ2) is 5.25. The molecular formula is C14H14F3NS. The topological polar surface area (TPSA) is 12.0 Å². The lowest BCUT2D eigenvalue weighted by molar-refractivity contribution is -0.137. The zero-order valence-electron chi connectivity index (χ0n) is 10.6. The standard InChI is InChI=1S/C14H14F3NS/c1-9-3-4-12(14(15,16)17)7-13(9)18-10(2)11-5-6-19-8-11/h3-8,10,18H,1-2H3. The van der Waals surface area contributed by atoms with E-state index in [9.17, 15) is 13.2 Å². The number of hydrogen-bond acceptors (Lipinski definition) is 2. The van der Waals surface area contributed by atoms with Crippen molar-refractivity contribution in [2.45, 2.75) is 26.1 Å². The molecule has 2 rings (SSSR count). The molecule has 1 unspecified atom stereocenters. The molecule has 0 amide bonds. The zero-order valence-corrected chi connectivity index (χ0v) is 11.4. The summed E-state index contributed by atoms with van der Waals surface area (Å²) in [5.41, 5.74) is 1.77. The minimum atomic E-state index is -4.31. The molecule has 0 fully saturated rings. The van der Waals surface area contributed by atoms with Crippen LogP contribution in [0.2, 0.25) is 0 Å². The van der Waals surface area contributed by atoms with Gasteiger partial charge in [-0.1, -0.05) is 6.07 Å². The summed E-state index contributed by atoms with van der Waals surface area (Å²) in [4.78, 5) is 0. The number of hydrogen-bond donors (Lipinski definition) is 1. The normalized spacial score (nSPS) is 13.3. The summed E-state index contributed by atoms with van der Waals surface area (Å²) in [7, 11) is 0. The van der Waals surface area contributed by atoms with Crippen LogP contribution in [0.5, 0.6) is 0 Å². The van der Waals surface area contributed by atoms with E-state index in [2.05, 4.69) is 5.32 Å². The highest BCUT2D eigenvalue weighted by Crippen LogP contribution is 2.33. The van der Waals surface area contributed by atoms with Crippen LogP contribution in [0.3, 0.4) is 0 Å². The Kier molecular flexibility index (Phi) is 3.85. The third-order valence-corrected chi connectivity index (χ3v) is 3.68. The Hall–Kier alpha value is -1.49. The van der Waals surface area contributed by atoms with Gasteiger partial charge in [0.25, 0.3) is 0 Å². The van der Waals surface area contributed by atoms with Gasteiger partial charge in [-0.15, -0.1) is 0 Å². The molecule has 1 N–H and O–H groups in total. The van der Waals surface area contributed by atoms with Crippen LogP contribution in [0.15, 0.2) is 35.0 Å². The largest absolute Gasteiger partial charge is 0.416 e. The van der Waals surface area contributed by atoms with Gasteiger partial charge >= 0.3 is 6.18 Å². The Morgan fingerprint density at radius 2 is 1.95 bits per heavy atom. The highest BCUT2D eigenvalue weighted by atomic mass is 32.1. The van der Waals surface area contributed by atoms with Crippen LogP contribution in [0, 0.1) is 6.92 Å². The van der Waals surface area contributed by atoms with E-state index in [4.69, 9.17) is 0 Å². The van der Waals surface area contributed by atoms with Crippen molar-refractivity contribution in [1.82, 2.24) is 0 Å². The fraction of sp³-hybridized carbons (Fsp3) is 0.286. The molecule has 0 aliphatic heterocycles. The van der Waals surface area contributed by atoms with Crippen LogP contribution < -0.4 is 5.32 Å². The smallest absolute Gasteiger partial charge is 0.378 e. The van der Waals surface area contributed by atoms with Gasteiger partial charge in [-0.3, -0.25) is 0 Å². The number of halogens is 3. The van der Waals surface area contributed by atoms with E-state index in [1.165, 1.54) is 6.07 Å². The number of aryl methyl sites for hydroxylation is 1. The van der Waals surface area contributed by atoms with E-state index >= 15 is 0 Å². The van der Waals surface area contributed by atoms with Crippen molar-refractivity contribution in [2.24, 2.45) is 0 Å². The fourth-order valence-corrected chi connectivity index (χ4v) is 2.55.